The Bertz CT molecular complexity index is 1250. The molecule has 0 aliphatic rings. The van der Waals surface area contributed by atoms with Crippen molar-refractivity contribution in [3.8, 4) is 16.9 Å². The van der Waals surface area contributed by atoms with Crippen LogP contribution in [0.3, 0.4) is 0 Å². The van der Waals surface area contributed by atoms with Crippen LogP contribution in [0, 0.1) is 20.8 Å². The van der Waals surface area contributed by atoms with Crippen LogP contribution in [-0.4, -0.2) is 17.2 Å². The number of hydrogen-bond donors (Lipinski definition) is 0. The minimum absolute atomic E-state index is 0.383. The summed E-state index contributed by atoms with van der Waals surface area (Å²) in [6, 6.07) is 11.5. The van der Waals surface area contributed by atoms with E-state index in [2.05, 4.69) is 18.7 Å². The Kier molecular flexibility index (Phi) is 6.55. The van der Waals surface area contributed by atoms with Gasteiger partial charge < -0.3 is 13.9 Å². The molecular weight excluding hydrogens is 416 g/mol. The van der Waals surface area contributed by atoms with E-state index >= 15 is 0 Å². The number of esters is 1. The second-order valence-corrected chi connectivity index (χ2v) is 9.84. The zero-order valence-electron chi connectivity index (χ0n) is 20.5. The first kappa shape index (κ1) is 24.3. The van der Waals surface area contributed by atoms with Crippen LogP contribution >= 0.6 is 0 Å². The summed E-state index contributed by atoms with van der Waals surface area (Å²) >= 11 is 0. The molecule has 0 bridgehead atoms. The first-order chi connectivity index (χ1) is 15.3. The lowest BCUT2D eigenvalue weighted by Gasteiger charge is -2.34. The van der Waals surface area contributed by atoms with Crippen molar-refractivity contribution < 1.29 is 18.7 Å². The molecule has 5 nitrogen and oxygen atoms in total. The van der Waals surface area contributed by atoms with Crippen LogP contribution < -0.4 is 10.4 Å². The van der Waals surface area contributed by atoms with Crippen molar-refractivity contribution in [2.75, 3.05) is 0 Å². The lowest BCUT2D eigenvalue weighted by atomic mass is 9.92. The van der Waals surface area contributed by atoms with E-state index in [1.807, 2.05) is 66.7 Å². The van der Waals surface area contributed by atoms with E-state index in [9.17, 15) is 9.59 Å². The highest BCUT2D eigenvalue weighted by Gasteiger charge is 2.33. The molecule has 174 valence electrons. The predicted octanol–water partition coefficient (Wildman–Crippen LogP) is 6.44. The van der Waals surface area contributed by atoms with Crippen molar-refractivity contribution in [2.24, 2.45) is 0 Å². The molecule has 1 heterocycles. The SMILES string of the molecule is C=CC(=O)OC(C)(C)CC(C)(C)Oc1ccc2cc(-c3c(C)cc(C)cc3C)c(=O)oc2c1. The van der Waals surface area contributed by atoms with Gasteiger partial charge in [0.25, 0.3) is 0 Å². The Hall–Kier alpha value is -3.34. The number of hydrogen-bond acceptors (Lipinski definition) is 5. The lowest BCUT2D eigenvalue weighted by molar-refractivity contribution is -0.154. The van der Waals surface area contributed by atoms with Gasteiger partial charge in [0.1, 0.15) is 22.5 Å². The molecule has 0 spiro atoms. The summed E-state index contributed by atoms with van der Waals surface area (Å²) in [5, 5.41) is 0.814. The zero-order chi connectivity index (χ0) is 24.6. The van der Waals surface area contributed by atoms with Crippen LogP contribution in [0.25, 0.3) is 22.1 Å². The van der Waals surface area contributed by atoms with Gasteiger partial charge in [-0.05, 0) is 83.4 Å². The maximum Gasteiger partial charge on any atom is 0.344 e. The molecule has 33 heavy (non-hydrogen) atoms. The molecule has 0 aliphatic heterocycles. The average molecular weight is 449 g/mol. The van der Waals surface area contributed by atoms with E-state index in [0.29, 0.717) is 23.3 Å². The smallest absolute Gasteiger partial charge is 0.344 e. The topological polar surface area (TPSA) is 65.7 Å². The van der Waals surface area contributed by atoms with E-state index in [0.717, 1.165) is 33.7 Å². The minimum atomic E-state index is -0.739. The van der Waals surface area contributed by atoms with Crippen molar-refractivity contribution in [3.63, 3.8) is 0 Å². The lowest BCUT2D eigenvalue weighted by Crippen LogP contribution is -2.40. The predicted molar refractivity (Wildman–Crippen MR) is 132 cm³/mol. The molecule has 0 amide bonds. The summed E-state index contributed by atoms with van der Waals surface area (Å²) in [7, 11) is 0. The van der Waals surface area contributed by atoms with Gasteiger partial charge in [0.05, 0.1) is 5.56 Å². The molecule has 5 heteroatoms. The van der Waals surface area contributed by atoms with Crippen LogP contribution in [0.4, 0.5) is 0 Å². The first-order valence-electron chi connectivity index (χ1n) is 11.0. The molecule has 0 radical (unpaired) electrons. The molecule has 0 atom stereocenters. The number of benzene rings is 2. The van der Waals surface area contributed by atoms with Gasteiger partial charge in [0.2, 0.25) is 0 Å². The third kappa shape index (κ3) is 5.72. The normalized spacial score (nSPS) is 12.0. The first-order valence-corrected chi connectivity index (χ1v) is 11.0. The summed E-state index contributed by atoms with van der Waals surface area (Å²) in [5.74, 6) is 0.0927. The van der Waals surface area contributed by atoms with Gasteiger partial charge >= 0.3 is 11.6 Å². The van der Waals surface area contributed by atoms with E-state index in [4.69, 9.17) is 13.9 Å². The van der Waals surface area contributed by atoms with Crippen molar-refractivity contribution in [1.29, 1.82) is 0 Å². The van der Waals surface area contributed by atoms with Gasteiger partial charge in [-0.1, -0.05) is 24.3 Å². The van der Waals surface area contributed by atoms with Gasteiger partial charge in [0.15, 0.2) is 0 Å². The highest BCUT2D eigenvalue weighted by atomic mass is 16.6. The van der Waals surface area contributed by atoms with E-state index < -0.39 is 17.2 Å². The largest absolute Gasteiger partial charge is 0.488 e. The fourth-order valence-electron chi connectivity index (χ4n) is 4.66. The van der Waals surface area contributed by atoms with Crippen LogP contribution in [0.1, 0.15) is 50.8 Å². The highest BCUT2D eigenvalue weighted by Crippen LogP contribution is 2.32. The molecule has 3 rings (SSSR count). The van der Waals surface area contributed by atoms with Crippen LogP contribution in [-0.2, 0) is 9.53 Å². The Morgan fingerprint density at radius 3 is 2.24 bits per heavy atom. The van der Waals surface area contributed by atoms with Gasteiger partial charge in [-0.2, -0.15) is 0 Å². The second kappa shape index (κ2) is 8.89. The quantitative estimate of drug-likeness (QED) is 0.236. The zero-order valence-corrected chi connectivity index (χ0v) is 20.5. The molecule has 0 aliphatic carbocycles. The fraction of sp³-hybridized carbons (Fsp3) is 0.357. The monoisotopic (exact) mass is 448 g/mol. The highest BCUT2D eigenvalue weighted by molar-refractivity contribution is 5.84. The number of rotatable bonds is 7. The fourth-order valence-corrected chi connectivity index (χ4v) is 4.66. The molecule has 0 saturated carbocycles. The number of carbonyl (C=O) groups is 1. The average Bonchev–Trinajstić information content (AvgIpc) is 2.65. The molecule has 0 N–H and O–H groups in total. The summed E-state index contributed by atoms with van der Waals surface area (Å²) in [6.45, 7) is 17.0. The van der Waals surface area contributed by atoms with E-state index in [-0.39, 0.29) is 5.63 Å². The molecule has 0 fully saturated rings. The third-order valence-corrected chi connectivity index (χ3v) is 5.44. The summed E-state index contributed by atoms with van der Waals surface area (Å²) in [4.78, 5) is 24.5. The van der Waals surface area contributed by atoms with Crippen molar-refractivity contribution in [3.05, 3.63) is 76.2 Å². The second-order valence-electron chi connectivity index (χ2n) is 9.84. The molecular formula is C28H32O5. The maximum absolute atomic E-state index is 12.9. The van der Waals surface area contributed by atoms with Crippen molar-refractivity contribution >= 4 is 16.9 Å². The van der Waals surface area contributed by atoms with Crippen LogP contribution in [0.15, 0.2) is 58.3 Å². The molecule has 0 unspecified atom stereocenters. The van der Waals surface area contributed by atoms with Crippen molar-refractivity contribution in [2.45, 2.75) is 66.1 Å². The Morgan fingerprint density at radius 1 is 1.00 bits per heavy atom. The minimum Gasteiger partial charge on any atom is -0.488 e. The Balaban J connectivity index is 1.91. The number of ether oxygens (including phenoxy) is 2. The Labute approximate surface area is 195 Å². The molecule has 2 aromatic carbocycles. The van der Waals surface area contributed by atoms with Gasteiger partial charge in [-0.3, -0.25) is 0 Å². The summed E-state index contributed by atoms with van der Waals surface area (Å²) in [6.07, 6.45) is 1.60. The standard InChI is InChI=1S/C28H32O5/c1-9-24(29)33-28(7,8)16-27(5,6)32-21-11-10-20-14-22(26(30)31-23(20)15-21)25-18(3)12-17(2)13-19(25)4/h9-15H,1,16H2,2-8H3. The molecule has 0 saturated heterocycles. The van der Waals surface area contributed by atoms with Crippen LogP contribution in [0.2, 0.25) is 0 Å². The number of fused-ring (bicyclic) bond motifs is 1. The van der Waals surface area contributed by atoms with Gasteiger partial charge in [0, 0.05) is 23.9 Å². The number of carbonyl (C=O) groups excluding carboxylic acids is 1. The van der Waals surface area contributed by atoms with E-state index in [1.54, 1.807) is 6.07 Å². The summed E-state index contributed by atoms with van der Waals surface area (Å²) < 4.78 is 17.3. The number of aryl methyl sites for hydroxylation is 3. The van der Waals surface area contributed by atoms with Crippen LogP contribution in [0.5, 0.6) is 5.75 Å². The van der Waals surface area contributed by atoms with Gasteiger partial charge in [-0.25, -0.2) is 9.59 Å². The molecule has 1 aromatic heterocycles. The van der Waals surface area contributed by atoms with Gasteiger partial charge in [-0.15, -0.1) is 0 Å². The van der Waals surface area contributed by atoms with E-state index in [1.165, 1.54) is 0 Å². The van der Waals surface area contributed by atoms with Crippen molar-refractivity contribution in [1.82, 2.24) is 0 Å². The third-order valence-electron chi connectivity index (χ3n) is 5.44. The maximum atomic E-state index is 12.9. The summed E-state index contributed by atoms with van der Waals surface area (Å²) in [5.41, 5.74) is 3.40. The Morgan fingerprint density at radius 2 is 1.64 bits per heavy atom. The molecule has 3 aromatic rings.